The van der Waals surface area contributed by atoms with Gasteiger partial charge in [-0.2, -0.15) is 26.3 Å². The van der Waals surface area contributed by atoms with E-state index >= 15 is 0 Å². The zero-order valence-corrected chi connectivity index (χ0v) is 11.8. The molecule has 0 saturated heterocycles. The summed E-state index contributed by atoms with van der Waals surface area (Å²) in [6, 6.07) is 1.00. The van der Waals surface area contributed by atoms with Crippen molar-refractivity contribution >= 4 is 15.9 Å². The van der Waals surface area contributed by atoms with Gasteiger partial charge in [0.15, 0.2) is 5.92 Å². The average Bonchev–Trinajstić information content (AvgIpc) is 2.29. The molecule has 21 heavy (non-hydrogen) atoms. The smallest absolute Gasteiger partial charge is 0.271 e. The van der Waals surface area contributed by atoms with E-state index in [2.05, 4.69) is 15.9 Å². The molecule has 1 unspecified atom stereocenters. The molecule has 0 amide bonds. The van der Waals surface area contributed by atoms with Crippen molar-refractivity contribution in [2.75, 3.05) is 0 Å². The predicted octanol–water partition coefficient (Wildman–Crippen LogP) is 3.70. The SMILES string of the molecule is NNC(Cc1ccc(F)c(Br)c1)C(C(F)(F)F)C(F)(F)F. The summed E-state index contributed by atoms with van der Waals surface area (Å²) in [4.78, 5) is 0. The van der Waals surface area contributed by atoms with E-state index in [0.717, 1.165) is 18.2 Å². The van der Waals surface area contributed by atoms with Crippen LogP contribution >= 0.6 is 15.9 Å². The Morgan fingerprint density at radius 2 is 1.62 bits per heavy atom. The lowest BCUT2D eigenvalue weighted by molar-refractivity contribution is -0.291. The quantitative estimate of drug-likeness (QED) is 0.473. The van der Waals surface area contributed by atoms with Gasteiger partial charge in [0.1, 0.15) is 5.82 Å². The van der Waals surface area contributed by atoms with Gasteiger partial charge in [-0.15, -0.1) is 0 Å². The molecule has 10 heteroatoms. The third-order valence-electron chi connectivity index (χ3n) is 2.76. The minimum atomic E-state index is -5.51. The van der Waals surface area contributed by atoms with Crippen LogP contribution in [0.15, 0.2) is 22.7 Å². The van der Waals surface area contributed by atoms with Gasteiger partial charge >= 0.3 is 12.4 Å². The van der Waals surface area contributed by atoms with Crippen LogP contribution in [-0.2, 0) is 6.42 Å². The number of benzene rings is 1. The molecule has 0 aliphatic carbocycles. The second-order valence-electron chi connectivity index (χ2n) is 4.29. The number of rotatable bonds is 4. The van der Waals surface area contributed by atoms with Gasteiger partial charge in [-0.25, -0.2) is 4.39 Å². The Balaban J connectivity index is 3.07. The highest BCUT2D eigenvalue weighted by molar-refractivity contribution is 9.10. The number of alkyl halides is 6. The minimum absolute atomic E-state index is 0.0636. The second-order valence-corrected chi connectivity index (χ2v) is 5.14. The topological polar surface area (TPSA) is 38.0 Å². The highest BCUT2D eigenvalue weighted by Gasteiger charge is 2.59. The van der Waals surface area contributed by atoms with Crippen LogP contribution in [0.4, 0.5) is 30.7 Å². The van der Waals surface area contributed by atoms with E-state index in [1.807, 2.05) is 0 Å². The fourth-order valence-electron chi connectivity index (χ4n) is 1.84. The van der Waals surface area contributed by atoms with Crippen molar-refractivity contribution in [3.05, 3.63) is 34.1 Å². The fourth-order valence-corrected chi connectivity index (χ4v) is 2.26. The molecule has 1 atom stereocenters. The number of nitrogens with one attached hydrogen (secondary N) is 1. The minimum Gasteiger partial charge on any atom is -0.271 e. The Hall–Kier alpha value is -0.870. The zero-order chi connectivity index (χ0) is 16.4. The molecule has 1 aromatic rings. The third kappa shape index (κ3) is 4.82. The van der Waals surface area contributed by atoms with E-state index < -0.39 is 36.6 Å². The van der Waals surface area contributed by atoms with Gasteiger partial charge in [0, 0.05) is 6.04 Å². The number of nitrogens with two attached hydrogens (primary N) is 1. The largest absolute Gasteiger partial charge is 0.402 e. The molecule has 1 aromatic carbocycles. The Kier molecular flexibility index (Phi) is 5.62. The normalized spacial score (nSPS) is 14.6. The molecule has 0 aliphatic heterocycles. The van der Waals surface area contributed by atoms with Crippen LogP contribution in [0.3, 0.4) is 0 Å². The first kappa shape index (κ1) is 18.2. The first-order valence-corrected chi connectivity index (χ1v) is 6.29. The van der Waals surface area contributed by atoms with Crippen LogP contribution < -0.4 is 11.3 Å². The van der Waals surface area contributed by atoms with E-state index in [0.29, 0.717) is 0 Å². The van der Waals surface area contributed by atoms with Crippen LogP contribution in [0.25, 0.3) is 0 Å². The summed E-state index contributed by atoms with van der Waals surface area (Å²) in [6.45, 7) is 0. The maximum atomic E-state index is 13.0. The van der Waals surface area contributed by atoms with Crippen LogP contribution in [0.2, 0.25) is 0 Å². The number of halogens is 8. The van der Waals surface area contributed by atoms with Crippen LogP contribution in [-0.4, -0.2) is 18.4 Å². The van der Waals surface area contributed by atoms with Crippen LogP contribution in [0.5, 0.6) is 0 Å². The molecule has 0 fully saturated rings. The molecule has 0 spiro atoms. The lowest BCUT2D eigenvalue weighted by Gasteiger charge is -2.30. The Morgan fingerprint density at radius 3 is 2.00 bits per heavy atom. The van der Waals surface area contributed by atoms with Crippen molar-refractivity contribution in [3.63, 3.8) is 0 Å². The van der Waals surface area contributed by atoms with Crippen molar-refractivity contribution < 1.29 is 30.7 Å². The van der Waals surface area contributed by atoms with Crippen LogP contribution in [0, 0.1) is 11.7 Å². The molecule has 0 bridgehead atoms. The molecule has 0 heterocycles. The maximum absolute atomic E-state index is 13.0. The molecule has 120 valence electrons. The van der Waals surface area contributed by atoms with Crippen LogP contribution in [0.1, 0.15) is 5.56 Å². The summed E-state index contributed by atoms with van der Waals surface area (Å²) in [5.41, 5.74) is 1.62. The summed E-state index contributed by atoms with van der Waals surface area (Å²) in [5, 5.41) is 0. The average molecular weight is 383 g/mol. The summed E-state index contributed by atoms with van der Waals surface area (Å²) >= 11 is 2.80. The van der Waals surface area contributed by atoms with E-state index in [1.54, 1.807) is 5.43 Å². The van der Waals surface area contributed by atoms with Crippen molar-refractivity contribution in [2.45, 2.75) is 24.8 Å². The molecule has 0 aliphatic rings. The maximum Gasteiger partial charge on any atom is 0.402 e. The summed E-state index contributed by atoms with van der Waals surface area (Å²) in [6.07, 6.45) is -11.7. The summed E-state index contributed by atoms with van der Waals surface area (Å²) in [5.74, 6) is 0.540. The first-order valence-electron chi connectivity index (χ1n) is 5.50. The molecule has 1 rings (SSSR count). The van der Waals surface area contributed by atoms with Crippen molar-refractivity contribution in [3.8, 4) is 0 Å². The molecule has 0 radical (unpaired) electrons. The van der Waals surface area contributed by atoms with E-state index in [-0.39, 0.29) is 10.0 Å². The predicted molar refractivity (Wildman–Crippen MR) is 64.5 cm³/mol. The molecule has 0 saturated carbocycles. The van der Waals surface area contributed by atoms with E-state index in [9.17, 15) is 30.7 Å². The fraction of sp³-hybridized carbons (Fsp3) is 0.455. The Morgan fingerprint density at radius 1 is 1.10 bits per heavy atom. The van der Waals surface area contributed by atoms with Crippen molar-refractivity contribution in [1.82, 2.24) is 5.43 Å². The molecular formula is C11H10BrF7N2. The molecular weight excluding hydrogens is 373 g/mol. The lowest BCUT2D eigenvalue weighted by atomic mass is 9.92. The third-order valence-corrected chi connectivity index (χ3v) is 3.37. The van der Waals surface area contributed by atoms with Gasteiger partial charge in [0.05, 0.1) is 4.47 Å². The monoisotopic (exact) mass is 382 g/mol. The molecule has 3 N–H and O–H groups in total. The summed E-state index contributed by atoms with van der Waals surface area (Å²) < 4.78 is 88.6. The van der Waals surface area contributed by atoms with Crippen molar-refractivity contribution in [2.24, 2.45) is 11.8 Å². The highest BCUT2D eigenvalue weighted by Crippen LogP contribution is 2.42. The lowest BCUT2D eigenvalue weighted by Crippen LogP contribution is -2.54. The highest BCUT2D eigenvalue weighted by atomic mass is 79.9. The Labute approximate surface area is 123 Å². The summed E-state index contributed by atoms with van der Waals surface area (Å²) in [7, 11) is 0. The van der Waals surface area contributed by atoms with Gasteiger partial charge in [0.2, 0.25) is 0 Å². The number of hydrogen-bond donors (Lipinski definition) is 2. The molecule has 0 aromatic heterocycles. The van der Waals surface area contributed by atoms with Gasteiger partial charge in [-0.05, 0) is 40.0 Å². The standard InChI is InChI=1S/C11H10BrF7N2/c12-6-3-5(1-2-7(6)13)4-8(21-20)9(10(14,15)16)11(17,18)19/h1-3,8-9,21H,4,20H2. The number of hydrogen-bond acceptors (Lipinski definition) is 2. The molecule has 2 nitrogen and oxygen atoms in total. The van der Waals surface area contributed by atoms with Gasteiger partial charge in [0.25, 0.3) is 0 Å². The Bertz CT molecular complexity index is 472. The van der Waals surface area contributed by atoms with Gasteiger partial charge in [-0.1, -0.05) is 6.07 Å². The number of hydrazine groups is 1. The first-order chi connectivity index (χ1) is 9.46. The van der Waals surface area contributed by atoms with E-state index in [1.165, 1.54) is 0 Å². The zero-order valence-electron chi connectivity index (χ0n) is 10.2. The van der Waals surface area contributed by atoms with Gasteiger partial charge < -0.3 is 0 Å². The second kappa shape index (κ2) is 6.49. The van der Waals surface area contributed by atoms with E-state index in [4.69, 9.17) is 5.84 Å². The van der Waals surface area contributed by atoms with Gasteiger partial charge in [-0.3, -0.25) is 11.3 Å². The van der Waals surface area contributed by atoms with Crippen molar-refractivity contribution in [1.29, 1.82) is 0 Å².